The molecule has 0 aliphatic heterocycles. The molecule has 0 rings (SSSR count). The molecule has 0 aromatic heterocycles. The molecule has 8 nitrogen and oxygen atoms in total. The minimum atomic E-state index is -3.97. The first-order valence-corrected chi connectivity index (χ1v) is 17.0. The fraction of sp³-hybridized carbons (Fsp3) is 1.00. The zero-order valence-corrected chi connectivity index (χ0v) is 24.5. The molecule has 0 saturated carbocycles. The van der Waals surface area contributed by atoms with E-state index in [0.29, 0.717) is 19.4 Å². The van der Waals surface area contributed by atoms with Crippen LogP contribution in [0.5, 0.6) is 0 Å². The average molecular weight is 546 g/mol. The van der Waals surface area contributed by atoms with Crippen molar-refractivity contribution in [3.63, 3.8) is 0 Å². The monoisotopic (exact) mass is 545 g/mol. The van der Waals surface area contributed by atoms with Crippen LogP contribution >= 0.6 is 16.0 Å². The maximum absolute atomic E-state index is 11.5. The number of hydrogen-bond acceptors (Lipinski definition) is 7. The summed E-state index contributed by atoms with van der Waals surface area (Å²) in [4.78, 5) is 29.1. The Labute approximate surface area is 215 Å². The van der Waals surface area contributed by atoms with Crippen molar-refractivity contribution in [1.82, 2.24) is 0 Å². The van der Waals surface area contributed by atoms with Crippen molar-refractivity contribution in [1.29, 1.82) is 0 Å². The predicted octanol–water partition coefficient (Wildman–Crippen LogP) is 8.27. The van der Waals surface area contributed by atoms with Crippen molar-refractivity contribution in [2.24, 2.45) is 0 Å². The summed E-state index contributed by atoms with van der Waals surface area (Å²) in [6.07, 6.45) is 20.2. The summed E-state index contributed by atoms with van der Waals surface area (Å²) in [5.41, 5.74) is 0. The average Bonchev–Trinajstić information content (AvgIpc) is 2.77. The van der Waals surface area contributed by atoms with E-state index in [2.05, 4.69) is 6.92 Å². The topological polar surface area (TPSA) is 115 Å². The molecule has 0 radical (unpaired) electrons. The van der Waals surface area contributed by atoms with E-state index in [1.165, 1.54) is 70.6 Å². The van der Waals surface area contributed by atoms with Crippen LogP contribution in [-0.2, 0) is 22.7 Å². The van der Waals surface area contributed by atoms with E-state index in [0.717, 1.165) is 32.1 Å². The van der Waals surface area contributed by atoms with Gasteiger partial charge in [-0.25, -0.2) is 4.57 Å². The second-order valence-corrected chi connectivity index (χ2v) is 12.5. The lowest BCUT2D eigenvalue weighted by molar-refractivity contribution is 0.110. The summed E-state index contributed by atoms with van der Waals surface area (Å²) in [5.74, 6) is 0. The second-order valence-electron chi connectivity index (χ2n) is 9.62. The van der Waals surface area contributed by atoms with Crippen LogP contribution in [0.4, 0.5) is 0 Å². The molecule has 0 fully saturated rings. The molecular weight excluding hydrogens is 490 g/mol. The third-order valence-corrected chi connectivity index (χ3v) is 7.89. The van der Waals surface area contributed by atoms with Gasteiger partial charge in [-0.15, -0.1) is 0 Å². The Hall–Kier alpha value is 0.380. The first kappa shape index (κ1) is 35.4. The molecule has 35 heavy (non-hydrogen) atoms. The van der Waals surface area contributed by atoms with Crippen molar-refractivity contribution < 1.29 is 37.3 Å². The minimum Gasteiger partial charge on any atom is -0.302 e. The Morgan fingerprint density at radius 1 is 0.629 bits per heavy atom. The molecule has 0 aromatic rings. The van der Waals surface area contributed by atoms with Gasteiger partial charge in [-0.1, -0.05) is 103 Å². The van der Waals surface area contributed by atoms with Gasteiger partial charge in [-0.2, -0.15) is 18.8 Å². The molecule has 0 amide bonds. The third kappa shape index (κ3) is 27.2. The highest BCUT2D eigenvalue weighted by atomic mass is 31.2. The van der Waals surface area contributed by atoms with Gasteiger partial charge in [0.2, 0.25) is 0 Å². The fourth-order valence-electron chi connectivity index (χ4n) is 3.74. The van der Waals surface area contributed by atoms with Crippen molar-refractivity contribution in [3.05, 3.63) is 0 Å². The Bertz CT molecular complexity index is 506. The van der Waals surface area contributed by atoms with Gasteiger partial charge in [-0.3, -0.25) is 9.05 Å². The first-order chi connectivity index (χ1) is 16.7. The van der Waals surface area contributed by atoms with Crippen molar-refractivity contribution in [3.8, 4) is 0 Å². The number of phosphoric acid groups is 1. The summed E-state index contributed by atoms with van der Waals surface area (Å²) >= 11 is 0. The molecule has 0 heterocycles. The van der Waals surface area contributed by atoms with Gasteiger partial charge in [0.05, 0.1) is 12.7 Å². The molecule has 0 saturated heterocycles. The lowest BCUT2D eigenvalue weighted by atomic mass is 10.0. The molecule has 1 unspecified atom stereocenters. The van der Waals surface area contributed by atoms with Crippen molar-refractivity contribution >= 4 is 16.0 Å². The van der Waals surface area contributed by atoms with Crippen LogP contribution in [0.2, 0.25) is 0 Å². The molecule has 1 atom stereocenters. The third-order valence-electron chi connectivity index (χ3n) is 5.65. The van der Waals surface area contributed by atoms with Crippen LogP contribution in [0, 0.1) is 0 Å². The summed E-state index contributed by atoms with van der Waals surface area (Å²) in [6, 6.07) is 0. The molecule has 0 spiro atoms. The normalized spacial score (nSPS) is 14.0. The van der Waals surface area contributed by atoms with Crippen molar-refractivity contribution in [2.75, 3.05) is 19.8 Å². The van der Waals surface area contributed by atoms with Crippen LogP contribution in [-0.4, -0.2) is 40.6 Å². The van der Waals surface area contributed by atoms with Gasteiger partial charge < -0.3 is 4.89 Å². The summed E-state index contributed by atoms with van der Waals surface area (Å²) in [5, 5.41) is 0. The molecule has 0 aliphatic carbocycles. The van der Waals surface area contributed by atoms with Gasteiger partial charge in [-0.05, 0) is 33.1 Å². The van der Waals surface area contributed by atoms with Gasteiger partial charge in [0.25, 0.3) is 0 Å². The number of hydrogen-bond donors (Lipinski definition) is 3. The van der Waals surface area contributed by atoms with E-state index in [9.17, 15) is 19.2 Å². The quantitative estimate of drug-likeness (QED) is 0.0698. The molecule has 3 N–H and O–H groups in total. The smallest absolute Gasteiger partial charge is 0.302 e. The Balaban J connectivity index is 3.42. The highest BCUT2D eigenvalue weighted by Crippen LogP contribution is 2.52. The summed E-state index contributed by atoms with van der Waals surface area (Å²) < 4.78 is 31.5. The Morgan fingerprint density at radius 2 is 0.971 bits per heavy atom. The number of rotatable bonds is 27. The maximum Gasteiger partial charge on any atom is 0.569 e. The minimum absolute atomic E-state index is 0.139. The lowest BCUT2D eigenvalue weighted by Gasteiger charge is -2.14. The summed E-state index contributed by atoms with van der Waals surface area (Å²) in [6.45, 7) is 6.24. The fourth-order valence-corrected chi connectivity index (χ4v) is 5.50. The maximum atomic E-state index is 11.5. The van der Waals surface area contributed by atoms with Crippen LogP contribution in [0.25, 0.3) is 0 Å². The van der Waals surface area contributed by atoms with E-state index >= 15 is 0 Å². The van der Waals surface area contributed by atoms with Gasteiger partial charge in [0.15, 0.2) is 0 Å². The zero-order valence-electron chi connectivity index (χ0n) is 22.7. The van der Waals surface area contributed by atoms with E-state index in [1.807, 2.05) is 0 Å². The van der Waals surface area contributed by atoms with Gasteiger partial charge in [0, 0.05) is 0 Å². The van der Waals surface area contributed by atoms with Crippen LogP contribution in [0.1, 0.15) is 136 Å². The van der Waals surface area contributed by atoms with Gasteiger partial charge in [0.1, 0.15) is 13.2 Å². The van der Waals surface area contributed by atoms with E-state index < -0.39 is 16.0 Å². The van der Waals surface area contributed by atoms with E-state index in [-0.39, 0.29) is 19.3 Å². The van der Waals surface area contributed by atoms with E-state index in [4.69, 9.17) is 18.1 Å². The Kier molecular flexibility index (Phi) is 23.7. The van der Waals surface area contributed by atoms with Crippen molar-refractivity contribution in [2.45, 2.75) is 142 Å². The molecule has 10 heteroatoms. The van der Waals surface area contributed by atoms with E-state index in [1.54, 1.807) is 13.8 Å². The molecule has 0 bridgehead atoms. The predicted molar refractivity (Wildman–Crippen MR) is 144 cm³/mol. The highest BCUT2D eigenvalue weighted by molar-refractivity contribution is 7.54. The standard InChI is InChI=1S/C25H54O8P2/c1-4-5-6-7-8-9-10-11-12-13-14-15-16-19-22-30-34(26,27)31-23-20-17-18-21-24-32-35(28,29)33-25(2)3/h25-27H,4-24H2,1-3H3/p+1. The van der Waals surface area contributed by atoms with Gasteiger partial charge >= 0.3 is 16.0 Å². The summed E-state index contributed by atoms with van der Waals surface area (Å²) in [7, 11) is -7.70. The molecule has 0 aliphatic rings. The zero-order chi connectivity index (χ0) is 26.3. The van der Waals surface area contributed by atoms with Crippen LogP contribution < -0.4 is 0 Å². The second kappa shape index (κ2) is 23.5. The molecule has 0 aromatic carbocycles. The lowest BCUT2D eigenvalue weighted by Crippen LogP contribution is -2.05. The Morgan fingerprint density at radius 3 is 1.34 bits per heavy atom. The molecular formula is C25H55O8P2+. The largest absolute Gasteiger partial charge is 0.569 e. The first-order valence-electron chi connectivity index (χ1n) is 14.0. The highest BCUT2D eigenvalue weighted by Gasteiger charge is 2.38. The van der Waals surface area contributed by atoms with Crippen LogP contribution in [0.15, 0.2) is 0 Å². The number of phosphoric ester groups is 1. The van der Waals surface area contributed by atoms with Crippen LogP contribution in [0.3, 0.4) is 0 Å². The molecule has 212 valence electrons. The number of unbranched alkanes of at least 4 members (excludes halogenated alkanes) is 16. The SMILES string of the molecule is CCCCCCCCCCCCCCCCO[P+](O)(O)OCCCCCCOP(=O)(O)OC(C)C.